The van der Waals surface area contributed by atoms with Crippen LogP contribution in [0.1, 0.15) is 46.0 Å². The Balaban J connectivity index is 2.09. The summed E-state index contributed by atoms with van der Waals surface area (Å²) < 4.78 is 0. The summed E-state index contributed by atoms with van der Waals surface area (Å²) in [5, 5.41) is 0. The lowest BCUT2D eigenvalue weighted by atomic mass is 10.1. The lowest BCUT2D eigenvalue weighted by molar-refractivity contribution is 0.332. The van der Waals surface area contributed by atoms with Gasteiger partial charge in [-0.1, -0.05) is 33.1 Å². The minimum absolute atomic E-state index is 0.696. The fraction of sp³-hybridized carbons (Fsp3) is 0.909. The van der Waals surface area contributed by atoms with Gasteiger partial charge in [-0.2, -0.15) is 0 Å². The van der Waals surface area contributed by atoms with Crippen LogP contribution >= 0.6 is 0 Å². The number of rotatable bonds is 6. The molecule has 0 radical (unpaired) electrons. The predicted octanol–water partition coefficient (Wildman–Crippen LogP) is 2.69. The molecule has 0 aromatic heterocycles. The van der Waals surface area contributed by atoms with Gasteiger partial charge in [-0.25, -0.2) is 0 Å². The van der Waals surface area contributed by atoms with E-state index in [0.29, 0.717) is 6.04 Å². The van der Waals surface area contributed by atoms with E-state index in [1.54, 1.807) is 0 Å². The van der Waals surface area contributed by atoms with E-state index in [9.17, 15) is 0 Å². The Labute approximate surface area is 82.0 Å². The van der Waals surface area contributed by atoms with Crippen LogP contribution in [0.25, 0.3) is 0 Å². The van der Waals surface area contributed by atoms with Crippen molar-refractivity contribution in [3.05, 3.63) is 0 Å². The maximum atomic E-state index is 4.32. The third-order valence-corrected chi connectivity index (χ3v) is 2.76. The lowest BCUT2D eigenvalue weighted by Crippen LogP contribution is -2.31. The monoisotopic (exact) mass is 182 g/mol. The first kappa shape index (κ1) is 10.6. The van der Waals surface area contributed by atoms with Crippen molar-refractivity contribution >= 4 is 6.34 Å². The molecule has 1 heterocycles. The zero-order chi connectivity index (χ0) is 9.52. The molecule has 0 amide bonds. The van der Waals surface area contributed by atoms with Crippen LogP contribution in [0.5, 0.6) is 0 Å². The molecule has 0 saturated carbocycles. The Morgan fingerprint density at radius 1 is 1.31 bits per heavy atom. The van der Waals surface area contributed by atoms with Gasteiger partial charge in [-0.3, -0.25) is 4.99 Å². The van der Waals surface area contributed by atoms with Crippen molar-refractivity contribution in [2.75, 3.05) is 13.1 Å². The molecule has 13 heavy (non-hydrogen) atoms. The summed E-state index contributed by atoms with van der Waals surface area (Å²) in [6, 6.07) is 0.696. The highest BCUT2D eigenvalue weighted by Crippen LogP contribution is 2.10. The van der Waals surface area contributed by atoms with E-state index in [-0.39, 0.29) is 0 Å². The van der Waals surface area contributed by atoms with Crippen molar-refractivity contribution < 1.29 is 0 Å². The summed E-state index contributed by atoms with van der Waals surface area (Å²) in [7, 11) is 0. The van der Waals surface area contributed by atoms with E-state index in [0.717, 1.165) is 6.54 Å². The molecular weight excluding hydrogens is 160 g/mol. The SMILES string of the molecule is CCCCCCN1C=NCC1CC. The second kappa shape index (κ2) is 6.01. The van der Waals surface area contributed by atoms with Gasteiger partial charge < -0.3 is 4.90 Å². The van der Waals surface area contributed by atoms with Crippen LogP contribution in [0, 0.1) is 0 Å². The highest BCUT2D eigenvalue weighted by Gasteiger charge is 2.16. The molecule has 1 aliphatic heterocycles. The molecule has 1 rings (SSSR count). The van der Waals surface area contributed by atoms with E-state index >= 15 is 0 Å². The lowest BCUT2D eigenvalue weighted by Gasteiger charge is -2.22. The summed E-state index contributed by atoms with van der Waals surface area (Å²) in [5.41, 5.74) is 0. The Morgan fingerprint density at radius 3 is 2.85 bits per heavy atom. The molecule has 0 fully saturated rings. The second-order valence-electron chi connectivity index (χ2n) is 3.84. The minimum atomic E-state index is 0.696. The molecule has 76 valence electrons. The van der Waals surface area contributed by atoms with Gasteiger partial charge in [0.25, 0.3) is 0 Å². The Morgan fingerprint density at radius 2 is 2.15 bits per heavy atom. The first-order chi connectivity index (χ1) is 6.38. The smallest absolute Gasteiger partial charge is 0.0853 e. The third-order valence-electron chi connectivity index (χ3n) is 2.76. The first-order valence-electron chi connectivity index (χ1n) is 5.64. The molecule has 1 aliphatic rings. The van der Waals surface area contributed by atoms with Crippen LogP contribution in [0.15, 0.2) is 4.99 Å². The van der Waals surface area contributed by atoms with E-state index < -0.39 is 0 Å². The fourth-order valence-electron chi connectivity index (χ4n) is 1.80. The minimum Gasteiger partial charge on any atom is -0.358 e. The van der Waals surface area contributed by atoms with Crippen molar-refractivity contribution in [2.24, 2.45) is 4.99 Å². The zero-order valence-corrected chi connectivity index (χ0v) is 9.00. The standard InChI is InChI=1S/C11H22N2/c1-3-5-6-7-8-13-10-12-9-11(13)4-2/h10-11H,3-9H2,1-2H3. The van der Waals surface area contributed by atoms with Gasteiger partial charge in [-0.05, 0) is 12.8 Å². The number of unbranched alkanes of at least 4 members (excludes halogenated alkanes) is 3. The average molecular weight is 182 g/mol. The molecule has 0 aromatic rings. The van der Waals surface area contributed by atoms with Gasteiger partial charge in [0.15, 0.2) is 0 Å². The number of nitrogens with zero attached hydrogens (tertiary/aromatic N) is 2. The van der Waals surface area contributed by atoms with Gasteiger partial charge in [0.05, 0.1) is 12.9 Å². The van der Waals surface area contributed by atoms with Crippen molar-refractivity contribution in [1.29, 1.82) is 0 Å². The molecule has 0 bridgehead atoms. The van der Waals surface area contributed by atoms with Gasteiger partial charge in [0.1, 0.15) is 0 Å². The van der Waals surface area contributed by atoms with Gasteiger partial charge in [0, 0.05) is 12.6 Å². The van der Waals surface area contributed by atoms with E-state index in [4.69, 9.17) is 0 Å². The first-order valence-corrected chi connectivity index (χ1v) is 5.64. The van der Waals surface area contributed by atoms with Crippen LogP contribution in [-0.4, -0.2) is 30.4 Å². The normalized spacial score (nSPS) is 21.4. The quantitative estimate of drug-likeness (QED) is 0.577. The third kappa shape index (κ3) is 3.37. The highest BCUT2D eigenvalue weighted by atomic mass is 15.2. The molecular formula is C11H22N2. The topological polar surface area (TPSA) is 15.6 Å². The maximum absolute atomic E-state index is 4.32. The van der Waals surface area contributed by atoms with Gasteiger partial charge in [0.2, 0.25) is 0 Å². The molecule has 1 atom stereocenters. The molecule has 0 N–H and O–H groups in total. The summed E-state index contributed by atoms with van der Waals surface area (Å²) in [6.07, 6.45) is 8.68. The van der Waals surface area contributed by atoms with Crippen LogP contribution < -0.4 is 0 Å². The average Bonchev–Trinajstić information content (AvgIpc) is 2.60. The summed E-state index contributed by atoms with van der Waals surface area (Å²) >= 11 is 0. The summed E-state index contributed by atoms with van der Waals surface area (Å²) in [6.45, 7) is 6.73. The van der Waals surface area contributed by atoms with Gasteiger partial charge >= 0.3 is 0 Å². The fourth-order valence-corrected chi connectivity index (χ4v) is 1.80. The predicted molar refractivity (Wildman–Crippen MR) is 58.3 cm³/mol. The van der Waals surface area contributed by atoms with Crippen molar-refractivity contribution in [3.8, 4) is 0 Å². The highest BCUT2D eigenvalue weighted by molar-refractivity contribution is 5.57. The Kier molecular flexibility index (Phi) is 4.87. The molecule has 2 heteroatoms. The van der Waals surface area contributed by atoms with Crippen molar-refractivity contribution in [2.45, 2.75) is 52.0 Å². The molecule has 1 unspecified atom stereocenters. The van der Waals surface area contributed by atoms with Gasteiger partial charge in [-0.15, -0.1) is 0 Å². The van der Waals surface area contributed by atoms with Crippen LogP contribution in [0.4, 0.5) is 0 Å². The maximum Gasteiger partial charge on any atom is 0.0853 e. The summed E-state index contributed by atoms with van der Waals surface area (Å²) in [4.78, 5) is 6.73. The summed E-state index contributed by atoms with van der Waals surface area (Å²) in [5.74, 6) is 0. The largest absolute Gasteiger partial charge is 0.358 e. The molecule has 0 saturated heterocycles. The number of hydrogen-bond donors (Lipinski definition) is 0. The number of hydrogen-bond acceptors (Lipinski definition) is 2. The molecule has 0 spiro atoms. The molecule has 0 aliphatic carbocycles. The second-order valence-corrected chi connectivity index (χ2v) is 3.84. The molecule has 2 nitrogen and oxygen atoms in total. The van der Waals surface area contributed by atoms with Crippen molar-refractivity contribution in [3.63, 3.8) is 0 Å². The molecule has 0 aromatic carbocycles. The number of aliphatic imine (C=N–C) groups is 1. The van der Waals surface area contributed by atoms with E-state index in [1.807, 2.05) is 6.34 Å². The van der Waals surface area contributed by atoms with Crippen LogP contribution in [0.3, 0.4) is 0 Å². The Hall–Kier alpha value is -0.530. The van der Waals surface area contributed by atoms with Crippen LogP contribution in [0.2, 0.25) is 0 Å². The van der Waals surface area contributed by atoms with E-state index in [1.165, 1.54) is 38.6 Å². The zero-order valence-electron chi connectivity index (χ0n) is 9.00. The van der Waals surface area contributed by atoms with Crippen molar-refractivity contribution in [1.82, 2.24) is 4.90 Å². The Bertz CT molecular complexity index is 154. The van der Waals surface area contributed by atoms with E-state index in [2.05, 4.69) is 23.7 Å². The van der Waals surface area contributed by atoms with Crippen LogP contribution in [-0.2, 0) is 0 Å².